The molecule has 0 atom stereocenters. The number of anilines is 3. The van der Waals surface area contributed by atoms with E-state index < -0.39 is 0 Å². The quantitative estimate of drug-likeness (QED) is 0.848. The van der Waals surface area contributed by atoms with E-state index in [0.717, 1.165) is 5.82 Å². The Morgan fingerprint density at radius 2 is 2.00 bits per heavy atom. The molecule has 1 aromatic carbocycles. The number of aromatic nitrogens is 2. The van der Waals surface area contributed by atoms with Crippen molar-refractivity contribution in [3.63, 3.8) is 0 Å². The highest BCUT2D eigenvalue weighted by Crippen LogP contribution is 2.27. The van der Waals surface area contributed by atoms with Crippen molar-refractivity contribution in [2.75, 3.05) is 43.0 Å². The van der Waals surface area contributed by atoms with Crippen LogP contribution >= 0.6 is 23.2 Å². The lowest BCUT2D eigenvalue weighted by Gasteiger charge is -2.34. The van der Waals surface area contributed by atoms with Crippen molar-refractivity contribution in [2.45, 2.75) is 6.92 Å². The zero-order valence-electron chi connectivity index (χ0n) is 14.3. The van der Waals surface area contributed by atoms with Crippen molar-refractivity contribution in [3.8, 4) is 0 Å². The van der Waals surface area contributed by atoms with E-state index in [1.807, 2.05) is 6.07 Å². The first-order valence-corrected chi connectivity index (χ1v) is 9.04. The second-order valence-corrected chi connectivity index (χ2v) is 6.50. The van der Waals surface area contributed by atoms with Gasteiger partial charge in [0.2, 0.25) is 5.95 Å². The molecular weight excluding hydrogens is 377 g/mol. The Bertz CT molecular complexity index is 781. The van der Waals surface area contributed by atoms with Crippen LogP contribution in [0, 0.1) is 0 Å². The van der Waals surface area contributed by atoms with Gasteiger partial charge in [-0.2, -0.15) is 4.98 Å². The van der Waals surface area contributed by atoms with E-state index in [4.69, 9.17) is 27.9 Å². The number of hydrogen-bond acceptors (Lipinski definition) is 6. The molecule has 2 heterocycles. The average Bonchev–Trinajstić information content (AvgIpc) is 2.65. The Labute approximate surface area is 161 Å². The Hall–Kier alpha value is -2.25. The fourth-order valence-corrected chi connectivity index (χ4v) is 3.09. The Morgan fingerprint density at radius 3 is 2.69 bits per heavy atom. The molecule has 0 aliphatic carbocycles. The number of nitrogens with zero attached hydrogens (tertiary/aromatic N) is 4. The Balaban J connectivity index is 1.65. The first-order chi connectivity index (χ1) is 12.6. The molecular formula is C17H19Cl2N5O2. The molecule has 0 saturated carbocycles. The summed E-state index contributed by atoms with van der Waals surface area (Å²) in [6.45, 7) is 4.72. The molecule has 0 spiro atoms. The SMILES string of the molecule is CCOC(=O)N1CCN(c2ccnc(Nc3ccc(Cl)cc3Cl)n2)CC1. The number of hydrogen-bond donors (Lipinski definition) is 1. The number of nitrogens with one attached hydrogen (secondary N) is 1. The van der Waals surface area contributed by atoms with Gasteiger partial charge >= 0.3 is 6.09 Å². The van der Waals surface area contributed by atoms with Gasteiger partial charge in [-0.3, -0.25) is 0 Å². The summed E-state index contributed by atoms with van der Waals surface area (Å²) < 4.78 is 5.04. The number of amides is 1. The maximum atomic E-state index is 11.8. The highest BCUT2D eigenvalue weighted by Gasteiger charge is 2.22. The molecule has 1 saturated heterocycles. The van der Waals surface area contributed by atoms with Crippen LogP contribution in [-0.2, 0) is 4.74 Å². The van der Waals surface area contributed by atoms with Gasteiger partial charge in [0.1, 0.15) is 5.82 Å². The molecule has 7 nitrogen and oxygen atoms in total. The standard InChI is InChI=1S/C17H19Cl2N5O2/c1-2-26-17(25)24-9-7-23(8-10-24)15-5-6-20-16(22-15)21-14-4-3-12(18)11-13(14)19/h3-6,11H,2,7-10H2,1H3,(H,20,21,22). The fraction of sp³-hybridized carbons (Fsp3) is 0.353. The second-order valence-electron chi connectivity index (χ2n) is 5.66. The highest BCUT2D eigenvalue weighted by molar-refractivity contribution is 6.36. The van der Waals surface area contributed by atoms with Crippen molar-refractivity contribution >= 4 is 46.7 Å². The largest absolute Gasteiger partial charge is 0.450 e. The summed E-state index contributed by atoms with van der Waals surface area (Å²) in [5.41, 5.74) is 0.681. The molecule has 138 valence electrons. The van der Waals surface area contributed by atoms with Crippen LogP contribution < -0.4 is 10.2 Å². The molecule has 0 radical (unpaired) electrons. The summed E-state index contributed by atoms with van der Waals surface area (Å²) in [7, 11) is 0. The summed E-state index contributed by atoms with van der Waals surface area (Å²) in [5, 5.41) is 4.16. The predicted molar refractivity (Wildman–Crippen MR) is 103 cm³/mol. The van der Waals surface area contributed by atoms with Gasteiger partial charge in [0.15, 0.2) is 0 Å². The third-order valence-corrected chi connectivity index (χ3v) is 4.50. The molecule has 1 amide bonds. The minimum Gasteiger partial charge on any atom is -0.450 e. The van der Waals surface area contributed by atoms with Crippen molar-refractivity contribution in [1.82, 2.24) is 14.9 Å². The molecule has 0 unspecified atom stereocenters. The third kappa shape index (κ3) is 4.47. The molecule has 1 fully saturated rings. The lowest BCUT2D eigenvalue weighted by molar-refractivity contribution is 0.105. The van der Waals surface area contributed by atoms with Gasteiger partial charge in [-0.05, 0) is 31.2 Å². The highest BCUT2D eigenvalue weighted by atomic mass is 35.5. The van der Waals surface area contributed by atoms with E-state index >= 15 is 0 Å². The molecule has 9 heteroatoms. The van der Waals surface area contributed by atoms with E-state index in [2.05, 4.69) is 20.2 Å². The number of carbonyl (C=O) groups excluding carboxylic acids is 1. The topological polar surface area (TPSA) is 70.6 Å². The summed E-state index contributed by atoms with van der Waals surface area (Å²) in [6.07, 6.45) is 1.42. The van der Waals surface area contributed by atoms with Crippen molar-refractivity contribution in [1.29, 1.82) is 0 Å². The molecule has 3 rings (SSSR count). The normalized spacial score (nSPS) is 14.3. The number of halogens is 2. The number of carbonyl (C=O) groups is 1. The minimum atomic E-state index is -0.269. The van der Waals surface area contributed by atoms with Gasteiger partial charge in [0.05, 0.1) is 17.3 Å². The molecule has 0 bridgehead atoms. The first-order valence-electron chi connectivity index (χ1n) is 8.28. The van der Waals surface area contributed by atoms with E-state index in [9.17, 15) is 4.79 Å². The molecule has 1 N–H and O–H groups in total. The van der Waals surface area contributed by atoms with Crippen molar-refractivity contribution in [2.24, 2.45) is 0 Å². The Morgan fingerprint density at radius 1 is 1.23 bits per heavy atom. The zero-order chi connectivity index (χ0) is 18.5. The number of benzene rings is 1. The van der Waals surface area contributed by atoms with Crippen molar-refractivity contribution < 1.29 is 9.53 Å². The third-order valence-electron chi connectivity index (χ3n) is 3.95. The van der Waals surface area contributed by atoms with Crippen LogP contribution in [0.5, 0.6) is 0 Å². The van der Waals surface area contributed by atoms with Crippen LogP contribution in [0.2, 0.25) is 10.0 Å². The van der Waals surface area contributed by atoms with E-state index in [1.54, 1.807) is 36.2 Å². The molecule has 1 aliphatic rings. The maximum Gasteiger partial charge on any atom is 0.409 e. The van der Waals surface area contributed by atoms with Crippen LogP contribution in [-0.4, -0.2) is 53.7 Å². The molecule has 2 aromatic rings. The Kier molecular flexibility index (Phi) is 6.00. The van der Waals surface area contributed by atoms with Gasteiger partial charge in [-0.25, -0.2) is 9.78 Å². The van der Waals surface area contributed by atoms with Gasteiger partial charge in [0, 0.05) is 37.4 Å². The van der Waals surface area contributed by atoms with Crippen LogP contribution in [0.1, 0.15) is 6.92 Å². The number of ether oxygens (including phenoxy) is 1. The molecule has 1 aromatic heterocycles. The minimum absolute atomic E-state index is 0.269. The first kappa shape index (κ1) is 18.5. The van der Waals surface area contributed by atoms with E-state index in [-0.39, 0.29) is 6.09 Å². The van der Waals surface area contributed by atoms with Crippen LogP contribution in [0.25, 0.3) is 0 Å². The summed E-state index contributed by atoms with van der Waals surface area (Å²) in [6, 6.07) is 7.02. The number of piperazine rings is 1. The van der Waals surface area contributed by atoms with E-state index in [1.165, 1.54) is 0 Å². The van der Waals surface area contributed by atoms with Gasteiger partial charge < -0.3 is 19.9 Å². The molecule has 26 heavy (non-hydrogen) atoms. The lowest BCUT2D eigenvalue weighted by Crippen LogP contribution is -2.49. The average molecular weight is 396 g/mol. The predicted octanol–water partition coefficient (Wildman–Crippen LogP) is 3.81. The summed E-state index contributed by atoms with van der Waals surface area (Å²) in [5.74, 6) is 1.23. The van der Waals surface area contributed by atoms with E-state index in [0.29, 0.717) is 54.5 Å². The monoisotopic (exact) mass is 395 g/mol. The zero-order valence-corrected chi connectivity index (χ0v) is 15.8. The van der Waals surface area contributed by atoms with Crippen LogP contribution in [0.15, 0.2) is 30.5 Å². The van der Waals surface area contributed by atoms with Crippen molar-refractivity contribution in [3.05, 3.63) is 40.5 Å². The molecule has 1 aliphatic heterocycles. The van der Waals surface area contributed by atoms with Gasteiger partial charge in [0.25, 0.3) is 0 Å². The summed E-state index contributed by atoms with van der Waals surface area (Å²) >= 11 is 12.1. The second kappa shape index (κ2) is 8.42. The smallest absolute Gasteiger partial charge is 0.409 e. The summed E-state index contributed by atoms with van der Waals surface area (Å²) in [4.78, 5) is 24.4. The van der Waals surface area contributed by atoms with Crippen LogP contribution in [0.4, 0.5) is 22.2 Å². The fourth-order valence-electron chi connectivity index (χ4n) is 2.63. The lowest BCUT2D eigenvalue weighted by atomic mass is 10.3. The van der Waals surface area contributed by atoms with Gasteiger partial charge in [-0.15, -0.1) is 0 Å². The maximum absolute atomic E-state index is 11.8. The number of rotatable bonds is 4. The van der Waals surface area contributed by atoms with Crippen LogP contribution in [0.3, 0.4) is 0 Å². The van der Waals surface area contributed by atoms with Gasteiger partial charge in [-0.1, -0.05) is 23.2 Å².